The van der Waals surface area contributed by atoms with E-state index in [1.165, 1.54) is 0 Å². The van der Waals surface area contributed by atoms with Gasteiger partial charge in [-0.25, -0.2) is 9.67 Å². The Balaban J connectivity index is 1.66. The number of pyridine rings is 1. The quantitative estimate of drug-likeness (QED) is 0.641. The predicted octanol–water partition coefficient (Wildman–Crippen LogP) is 2.64. The van der Waals surface area contributed by atoms with Crippen molar-refractivity contribution in [3.8, 4) is 0 Å². The van der Waals surface area contributed by atoms with Crippen LogP contribution in [0.15, 0.2) is 48.8 Å². The van der Waals surface area contributed by atoms with Crippen molar-refractivity contribution < 1.29 is 9.53 Å². The highest BCUT2D eigenvalue weighted by molar-refractivity contribution is 5.96. The lowest BCUT2D eigenvalue weighted by Gasteiger charge is -2.06. The van der Waals surface area contributed by atoms with Gasteiger partial charge in [0.05, 0.1) is 18.3 Å². The van der Waals surface area contributed by atoms with E-state index in [0.717, 1.165) is 23.0 Å². The van der Waals surface area contributed by atoms with Crippen LogP contribution in [-0.4, -0.2) is 40.4 Å². The Labute approximate surface area is 146 Å². The first kappa shape index (κ1) is 17.1. The summed E-state index contributed by atoms with van der Waals surface area (Å²) >= 11 is 0. The summed E-state index contributed by atoms with van der Waals surface area (Å²) < 4.78 is 7.10. The zero-order chi connectivity index (χ0) is 17.5. The number of amides is 1. The number of nitrogens with one attached hydrogen (secondary N) is 1. The molecular formula is C19H22N4O2. The Kier molecular flexibility index (Phi) is 5.74. The van der Waals surface area contributed by atoms with Crippen LogP contribution in [0.2, 0.25) is 0 Å². The maximum atomic E-state index is 12.2. The lowest BCUT2D eigenvalue weighted by molar-refractivity contribution is 0.0944. The Morgan fingerprint density at radius 3 is 2.88 bits per heavy atom. The van der Waals surface area contributed by atoms with Gasteiger partial charge in [0, 0.05) is 31.3 Å². The molecule has 1 aromatic carbocycles. The number of hydrogen-bond donors (Lipinski definition) is 1. The van der Waals surface area contributed by atoms with Crippen LogP contribution in [0.25, 0.3) is 11.0 Å². The van der Waals surface area contributed by atoms with E-state index in [4.69, 9.17) is 4.74 Å². The summed E-state index contributed by atoms with van der Waals surface area (Å²) in [4.78, 5) is 16.6. The summed E-state index contributed by atoms with van der Waals surface area (Å²) in [6, 6.07) is 11.9. The number of carbonyl (C=O) groups excluding carboxylic acids is 1. The molecule has 0 aliphatic heterocycles. The Morgan fingerprint density at radius 2 is 2.08 bits per heavy atom. The maximum Gasteiger partial charge on any atom is 0.252 e. The SMILES string of the molecule is CCOCCCNC(=O)c1cnc2c(cnn2Cc2ccccc2)c1. The summed E-state index contributed by atoms with van der Waals surface area (Å²) in [5.74, 6) is -0.123. The van der Waals surface area contributed by atoms with E-state index < -0.39 is 0 Å². The molecule has 0 fully saturated rings. The molecule has 0 aliphatic carbocycles. The van der Waals surface area contributed by atoms with Gasteiger partial charge in [-0.1, -0.05) is 30.3 Å². The lowest BCUT2D eigenvalue weighted by Crippen LogP contribution is -2.25. The monoisotopic (exact) mass is 338 g/mol. The van der Waals surface area contributed by atoms with Gasteiger partial charge < -0.3 is 10.1 Å². The zero-order valence-corrected chi connectivity index (χ0v) is 14.3. The summed E-state index contributed by atoms with van der Waals surface area (Å²) in [6.07, 6.45) is 4.14. The van der Waals surface area contributed by atoms with Crippen molar-refractivity contribution in [3.05, 3.63) is 59.9 Å². The third-order valence-corrected chi connectivity index (χ3v) is 3.87. The predicted molar refractivity (Wildman–Crippen MR) is 96.5 cm³/mol. The fourth-order valence-electron chi connectivity index (χ4n) is 2.59. The third-order valence-electron chi connectivity index (χ3n) is 3.87. The summed E-state index contributed by atoms with van der Waals surface area (Å²) in [5, 5.41) is 8.14. The zero-order valence-electron chi connectivity index (χ0n) is 14.3. The standard InChI is InChI=1S/C19H22N4O2/c1-2-25-10-6-9-20-19(24)17-11-16-13-22-23(18(16)21-12-17)14-15-7-4-3-5-8-15/h3-5,7-8,11-13H,2,6,9-10,14H2,1H3,(H,20,24). The van der Waals surface area contributed by atoms with Crippen LogP contribution in [-0.2, 0) is 11.3 Å². The number of aromatic nitrogens is 3. The van der Waals surface area contributed by atoms with Crippen LogP contribution in [0.1, 0.15) is 29.3 Å². The molecule has 0 saturated carbocycles. The van der Waals surface area contributed by atoms with Crippen LogP contribution in [0.3, 0.4) is 0 Å². The largest absolute Gasteiger partial charge is 0.382 e. The summed E-state index contributed by atoms with van der Waals surface area (Å²) in [7, 11) is 0. The van der Waals surface area contributed by atoms with Crippen molar-refractivity contribution in [2.75, 3.05) is 19.8 Å². The molecule has 6 nitrogen and oxygen atoms in total. The maximum absolute atomic E-state index is 12.2. The number of rotatable bonds is 8. The molecule has 0 aliphatic rings. The van der Waals surface area contributed by atoms with E-state index >= 15 is 0 Å². The fourth-order valence-corrected chi connectivity index (χ4v) is 2.59. The summed E-state index contributed by atoms with van der Waals surface area (Å²) in [6.45, 7) is 4.55. The van der Waals surface area contributed by atoms with Gasteiger partial charge in [0.25, 0.3) is 5.91 Å². The van der Waals surface area contributed by atoms with Gasteiger partial charge in [-0.3, -0.25) is 4.79 Å². The van der Waals surface area contributed by atoms with E-state index in [9.17, 15) is 4.79 Å². The number of carbonyl (C=O) groups is 1. The average molecular weight is 338 g/mol. The molecule has 25 heavy (non-hydrogen) atoms. The van der Waals surface area contributed by atoms with E-state index in [2.05, 4.69) is 27.5 Å². The Bertz CT molecular complexity index is 830. The highest BCUT2D eigenvalue weighted by atomic mass is 16.5. The number of ether oxygens (including phenoxy) is 1. The van der Waals surface area contributed by atoms with Crippen LogP contribution in [0.5, 0.6) is 0 Å². The molecule has 1 N–H and O–H groups in total. The first-order valence-electron chi connectivity index (χ1n) is 8.49. The van der Waals surface area contributed by atoms with Gasteiger partial charge in [0.1, 0.15) is 0 Å². The highest BCUT2D eigenvalue weighted by Gasteiger charge is 2.10. The second kappa shape index (κ2) is 8.39. The Morgan fingerprint density at radius 1 is 1.24 bits per heavy atom. The van der Waals surface area contributed by atoms with Crippen molar-refractivity contribution in [1.82, 2.24) is 20.1 Å². The van der Waals surface area contributed by atoms with E-state index in [1.54, 1.807) is 12.4 Å². The normalized spacial score (nSPS) is 10.9. The molecule has 0 atom stereocenters. The molecule has 6 heteroatoms. The minimum atomic E-state index is -0.123. The van der Waals surface area contributed by atoms with Gasteiger partial charge in [-0.05, 0) is 25.0 Å². The molecule has 0 radical (unpaired) electrons. The molecule has 0 saturated heterocycles. The topological polar surface area (TPSA) is 69.0 Å². The minimum absolute atomic E-state index is 0.123. The lowest BCUT2D eigenvalue weighted by atomic mass is 10.2. The second-order valence-corrected chi connectivity index (χ2v) is 5.73. The second-order valence-electron chi connectivity index (χ2n) is 5.73. The Hall–Kier alpha value is -2.73. The van der Waals surface area contributed by atoms with Gasteiger partial charge in [0.15, 0.2) is 5.65 Å². The third kappa shape index (κ3) is 4.42. The van der Waals surface area contributed by atoms with Crippen molar-refractivity contribution in [2.45, 2.75) is 19.9 Å². The first-order valence-corrected chi connectivity index (χ1v) is 8.49. The number of benzene rings is 1. The van der Waals surface area contributed by atoms with Crippen molar-refractivity contribution in [2.24, 2.45) is 0 Å². The molecule has 1 amide bonds. The van der Waals surface area contributed by atoms with E-state index in [-0.39, 0.29) is 5.91 Å². The van der Waals surface area contributed by atoms with Gasteiger partial charge in [-0.15, -0.1) is 0 Å². The molecule has 3 rings (SSSR count). The summed E-state index contributed by atoms with van der Waals surface area (Å²) in [5.41, 5.74) is 2.48. The van der Waals surface area contributed by atoms with Gasteiger partial charge in [0.2, 0.25) is 0 Å². The van der Waals surface area contributed by atoms with E-state index in [0.29, 0.717) is 31.9 Å². The molecule has 2 aromatic heterocycles. The molecule has 0 spiro atoms. The molecule has 0 unspecified atom stereocenters. The molecule has 3 aromatic rings. The van der Waals surface area contributed by atoms with Crippen LogP contribution in [0.4, 0.5) is 0 Å². The molecule has 2 heterocycles. The molecule has 130 valence electrons. The minimum Gasteiger partial charge on any atom is -0.382 e. The highest BCUT2D eigenvalue weighted by Crippen LogP contribution is 2.14. The average Bonchev–Trinajstić information content (AvgIpc) is 3.04. The van der Waals surface area contributed by atoms with E-state index in [1.807, 2.05) is 35.9 Å². The fraction of sp³-hybridized carbons (Fsp3) is 0.316. The number of hydrogen-bond acceptors (Lipinski definition) is 4. The van der Waals surface area contributed by atoms with Crippen molar-refractivity contribution >= 4 is 16.9 Å². The number of nitrogens with zero attached hydrogens (tertiary/aromatic N) is 3. The van der Waals surface area contributed by atoms with Crippen molar-refractivity contribution in [3.63, 3.8) is 0 Å². The van der Waals surface area contributed by atoms with Crippen molar-refractivity contribution in [1.29, 1.82) is 0 Å². The smallest absolute Gasteiger partial charge is 0.252 e. The first-order chi connectivity index (χ1) is 12.3. The molecular weight excluding hydrogens is 316 g/mol. The van der Waals surface area contributed by atoms with Gasteiger partial charge in [-0.2, -0.15) is 5.10 Å². The van der Waals surface area contributed by atoms with Crippen LogP contribution >= 0.6 is 0 Å². The molecule has 0 bridgehead atoms. The van der Waals surface area contributed by atoms with Crippen LogP contribution in [0, 0.1) is 0 Å². The number of fused-ring (bicyclic) bond motifs is 1. The van der Waals surface area contributed by atoms with Crippen LogP contribution < -0.4 is 5.32 Å². The van der Waals surface area contributed by atoms with Gasteiger partial charge >= 0.3 is 0 Å².